The molecule has 2 nitrogen and oxygen atoms in total. The summed E-state index contributed by atoms with van der Waals surface area (Å²) in [5, 5.41) is 0. The molecule has 0 fully saturated rings. The van der Waals surface area contributed by atoms with Gasteiger partial charge in [0.2, 0.25) is 0 Å². The van der Waals surface area contributed by atoms with Crippen molar-refractivity contribution >= 4 is 10.3 Å². The Bertz CT molecular complexity index is 267. The van der Waals surface area contributed by atoms with Crippen molar-refractivity contribution < 1.29 is 9.29 Å². The van der Waals surface area contributed by atoms with Crippen LogP contribution in [0.3, 0.4) is 0 Å². The molecule has 1 unspecified atom stereocenters. The molecule has 1 atom stereocenters. The van der Waals surface area contributed by atoms with Crippen molar-refractivity contribution in [3.05, 3.63) is 24.3 Å². The van der Waals surface area contributed by atoms with Gasteiger partial charge in [-0.1, -0.05) is 6.92 Å². The van der Waals surface area contributed by atoms with Gasteiger partial charge in [0.1, 0.15) is 5.75 Å². The quantitative estimate of drug-likeness (QED) is 0.812. The van der Waals surface area contributed by atoms with E-state index in [9.17, 15) is 4.55 Å². The molecule has 1 aromatic carbocycles. The molecule has 0 aliphatic carbocycles. The highest BCUT2D eigenvalue weighted by molar-refractivity contribution is 8.28. The normalized spacial score (nSPS) is 17.5. The van der Waals surface area contributed by atoms with Gasteiger partial charge in [-0.05, 0) is 36.3 Å². The Balaban J connectivity index is 2.92. The summed E-state index contributed by atoms with van der Waals surface area (Å²) in [5.74, 6) is 1.62. The first kappa shape index (κ1) is 10.4. The van der Waals surface area contributed by atoms with E-state index in [0.717, 1.165) is 16.4 Å². The monoisotopic (exact) mass is 200 g/mol. The second-order valence-electron chi connectivity index (χ2n) is 3.00. The van der Waals surface area contributed by atoms with Crippen LogP contribution in [0.15, 0.2) is 29.2 Å². The van der Waals surface area contributed by atoms with E-state index < -0.39 is 10.3 Å². The maximum absolute atomic E-state index is 10.0. The molecule has 0 amide bonds. The lowest BCUT2D eigenvalue weighted by molar-refractivity contribution is 0.414. The molecule has 1 rings (SSSR count). The minimum atomic E-state index is -1.58. The highest BCUT2D eigenvalue weighted by Gasteiger charge is 2.13. The fourth-order valence-electron chi connectivity index (χ4n) is 1.04. The van der Waals surface area contributed by atoms with Crippen LogP contribution in [0.2, 0.25) is 0 Å². The predicted octanol–water partition coefficient (Wildman–Crippen LogP) is 2.98. The van der Waals surface area contributed by atoms with Crippen LogP contribution in [0, 0.1) is 0 Å². The highest BCUT2D eigenvalue weighted by atomic mass is 32.3. The number of methoxy groups -OCH3 is 1. The molecule has 0 radical (unpaired) electrons. The third-order valence-electron chi connectivity index (χ3n) is 2.13. The van der Waals surface area contributed by atoms with Crippen molar-refractivity contribution in [2.75, 3.05) is 19.1 Å². The summed E-state index contributed by atoms with van der Waals surface area (Å²) in [6, 6.07) is 7.62. The summed E-state index contributed by atoms with van der Waals surface area (Å²) >= 11 is 0. The van der Waals surface area contributed by atoms with Crippen molar-refractivity contribution in [3.63, 3.8) is 0 Å². The molecule has 0 aromatic heterocycles. The first-order valence-corrected chi connectivity index (χ1v) is 6.39. The van der Waals surface area contributed by atoms with Crippen LogP contribution in [0.4, 0.5) is 0 Å². The van der Waals surface area contributed by atoms with E-state index in [0.29, 0.717) is 0 Å². The molecule has 0 saturated heterocycles. The fraction of sp³-hybridized carbons (Fsp3) is 0.400. The molecule has 0 heterocycles. The van der Waals surface area contributed by atoms with Gasteiger partial charge >= 0.3 is 0 Å². The Kier molecular flexibility index (Phi) is 3.22. The topological polar surface area (TPSA) is 29.5 Å². The van der Waals surface area contributed by atoms with Gasteiger partial charge in [0.15, 0.2) is 0 Å². The summed E-state index contributed by atoms with van der Waals surface area (Å²) in [6.07, 6.45) is 1.90. The van der Waals surface area contributed by atoms with Crippen molar-refractivity contribution in [1.82, 2.24) is 0 Å². The number of hydrogen-bond donors (Lipinski definition) is 1. The van der Waals surface area contributed by atoms with Crippen LogP contribution in [0.25, 0.3) is 0 Å². The van der Waals surface area contributed by atoms with E-state index >= 15 is 0 Å². The Morgan fingerprint density at radius 2 is 1.85 bits per heavy atom. The molecular weight excluding hydrogens is 184 g/mol. The Morgan fingerprint density at radius 3 is 2.23 bits per heavy atom. The van der Waals surface area contributed by atoms with Crippen LogP contribution in [0.5, 0.6) is 5.75 Å². The van der Waals surface area contributed by atoms with Gasteiger partial charge in [-0.2, -0.15) is 0 Å². The maximum Gasteiger partial charge on any atom is 0.118 e. The van der Waals surface area contributed by atoms with E-state index in [-0.39, 0.29) is 0 Å². The van der Waals surface area contributed by atoms with Gasteiger partial charge in [-0.15, -0.1) is 10.3 Å². The minimum absolute atomic E-state index is 0.791. The molecule has 0 saturated carbocycles. The molecule has 0 spiro atoms. The smallest absolute Gasteiger partial charge is 0.118 e. The summed E-state index contributed by atoms with van der Waals surface area (Å²) in [7, 11) is 0.0600. The number of hydrogen-bond acceptors (Lipinski definition) is 2. The lowest BCUT2D eigenvalue weighted by atomic mass is 10.3. The van der Waals surface area contributed by atoms with E-state index in [4.69, 9.17) is 4.74 Å². The fourth-order valence-corrected chi connectivity index (χ4v) is 2.09. The number of ether oxygens (including phenoxy) is 1. The van der Waals surface area contributed by atoms with E-state index in [2.05, 4.69) is 0 Å². The highest BCUT2D eigenvalue weighted by Crippen LogP contribution is 2.48. The Morgan fingerprint density at radius 1 is 1.31 bits per heavy atom. The van der Waals surface area contributed by atoms with Gasteiger partial charge < -0.3 is 9.29 Å². The van der Waals surface area contributed by atoms with Crippen LogP contribution in [-0.2, 0) is 0 Å². The van der Waals surface area contributed by atoms with E-state index in [1.807, 2.05) is 37.4 Å². The summed E-state index contributed by atoms with van der Waals surface area (Å²) in [4.78, 5) is 1.01. The zero-order chi connectivity index (χ0) is 9.90. The molecule has 3 heteroatoms. The van der Waals surface area contributed by atoms with Crippen LogP contribution in [-0.4, -0.2) is 23.7 Å². The van der Waals surface area contributed by atoms with Gasteiger partial charge in [0, 0.05) is 4.90 Å². The molecular formula is C10H16O2S. The maximum atomic E-state index is 10.0. The zero-order valence-electron chi connectivity index (χ0n) is 8.28. The van der Waals surface area contributed by atoms with Crippen molar-refractivity contribution in [2.45, 2.75) is 11.8 Å². The van der Waals surface area contributed by atoms with Crippen LogP contribution < -0.4 is 4.74 Å². The second-order valence-corrected chi connectivity index (χ2v) is 6.13. The minimum Gasteiger partial charge on any atom is -0.497 e. The third-order valence-corrected chi connectivity index (χ3v) is 4.54. The number of benzene rings is 1. The van der Waals surface area contributed by atoms with E-state index in [1.165, 1.54) is 0 Å². The zero-order valence-corrected chi connectivity index (χ0v) is 9.10. The standard InChI is InChI=1S/C10H16O2S/c1-4-13(3,11)10-7-5-9(12-2)6-8-10/h5-8,11H,4H2,1-3H3. The van der Waals surface area contributed by atoms with Gasteiger partial charge in [-0.3, -0.25) is 0 Å². The first-order chi connectivity index (χ1) is 6.10. The lowest BCUT2D eigenvalue weighted by Gasteiger charge is -2.27. The number of rotatable bonds is 3. The first-order valence-electron chi connectivity index (χ1n) is 4.22. The molecule has 0 bridgehead atoms. The molecule has 0 aliphatic heterocycles. The summed E-state index contributed by atoms with van der Waals surface area (Å²) in [5.41, 5.74) is 0. The predicted molar refractivity (Wildman–Crippen MR) is 57.9 cm³/mol. The van der Waals surface area contributed by atoms with Gasteiger partial charge in [-0.25, -0.2) is 0 Å². The van der Waals surface area contributed by atoms with Crippen molar-refractivity contribution in [1.29, 1.82) is 0 Å². The summed E-state index contributed by atoms with van der Waals surface area (Å²) < 4.78 is 15.0. The molecule has 13 heavy (non-hydrogen) atoms. The Hall–Kier alpha value is -0.670. The van der Waals surface area contributed by atoms with E-state index in [1.54, 1.807) is 7.11 Å². The SMILES string of the molecule is CCS(C)(O)c1ccc(OC)cc1. The largest absolute Gasteiger partial charge is 0.497 e. The molecule has 74 valence electrons. The van der Waals surface area contributed by atoms with Crippen molar-refractivity contribution in [3.8, 4) is 5.75 Å². The van der Waals surface area contributed by atoms with Gasteiger partial charge in [0.05, 0.1) is 7.11 Å². The average Bonchev–Trinajstić information content (AvgIpc) is 2.18. The third kappa shape index (κ3) is 2.39. The second kappa shape index (κ2) is 4.03. The lowest BCUT2D eigenvalue weighted by Crippen LogP contribution is -1.99. The van der Waals surface area contributed by atoms with Crippen LogP contribution >= 0.6 is 10.3 Å². The summed E-state index contributed by atoms with van der Waals surface area (Å²) in [6.45, 7) is 2.00. The molecule has 1 aromatic rings. The van der Waals surface area contributed by atoms with Crippen LogP contribution in [0.1, 0.15) is 6.92 Å². The molecule has 1 N–H and O–H groups in total. The Labute approximate surface area is 81.1 Å². The van der Waals surface area contributed by atoms with Gasteiger partial charge in [0.25, 0.3) is 0 Å². The average molecular weight is 200 g/mol. The van der Waals surface area contributed by atoms with Crippen molar-refractivity contribution in [2.24, 2.45) is 0 Å². The molecule has 0 aliphatic rings.